The number of ether oxygens (including phenoxy) is 2. The van der Waals surface area contributed by atoms with Crippen LogP contribution in [0, 0.1) is 0 Å². The predicted octanol–water partition coefficient (Wildman–Crippen LogP) is 10.6. The molecule has 0 aromatic rings. The minimum absolute atomic E-state index is 0.0419. The topological polar surface area (TPSA) is 131 Å². The molecular formula is C46H80NO9P. The van der Waals surface area contributed by atoms with E-state index < -0.39 is 38.6 Å². The van der Waals surface area contributed by atoms with E-state index in [1.807, 2.05) is 33.3 Å². The van der Waals surface area contributed by atoms with Crippen molar-refractivity contribution in [3.63, 3.8) is 0 Å². The Bertz CT molecular complexity index is 1220. The lowest BCUT2D eigenvalue weighted by Crippen LogP contribution is -2.37. The molecule has 3 atom stereocenters. The van der Waals surface area contributed by atoms with Gasteiger partial charge in [-0.05, 0) is 77.0 Å². The molecule has 0 rings (SSSR count). The molecule has 1 unspecified atom stereocenters. The number of carbonyl (C=O) groups excluding carboxylic acids is 2. The fourth-order valence-corrected chi connectivity index (χ4v) is 6.04. The summed E-state index contributed by atoms with van der Waals surface area (Å²) >= 11 is 0. The van der Waals surface area contributed by atoms with Gasteiger partial charge in [0.05, 0.1) is 33.9 Å². The first-order valence-corrected chi connectivity index (χ1v) is 23.2. The molecule has 0 radical (unpaired) electrons. The SMILES string of the molecule is CCCCC/C=C\C/C=C\C/C=C\C=C\[C@@H](O)CCCC(=O)OC[C@H](COP(=O)([O-])OCC[N+](C)(C)C)OC(=O)CCCCCCC/C=C\C/C=C\CCCCC. The Balaban J connectivity index is 4.60. The average Bonchev–Trinajstić information content (AvgIpc) is 3.15. The Kier molecular flexibility index (Phi) is 36.0. The maximum Gasteiger partial charge on any atom is 0.306 e. The van der Waals surface area contributed by atoms with Crippen LogP contribution >= 0.6 is 7.82 Å². The monoisotopic (exact) mass is 822 g/mol. The minimum Gasteiger partial charge on any atom is -0.756 e. The van der Waals surface area contributed by atoms with E-state index in [2.05, 4.69) is 62.5 Å². The number of aliphatic hydroxyl groups is 1. The van der Waals surface area contributed by atoms with E-state index in [0.29, 0.717) is 30.3 Å². The maximum absolute atomic E-state index is 12.7. The molecule has 0 bridgehead atoms. The largest absolute Gasteiger partial charge is 0.756 e. The second kappa shape index (κ2) is 37.7. The molecule has 0 aliphatic heterocycles. The highest BCUT2D eigenvalue weighted by Crippen LogP contribution is 2.38. The number of hydrogen-bond donors (Lipinski definition) is 1. The molecule has 0 spiro atoms. The average molecular weight is 822 g/mol. The number of phosphoric ester groups is 1. The summed E-state index contributed by atoms with van der Waals surface area (Å²) < 4.78 is 33.7. The highest BCUT2D eigenvalue weighted by molar-refractivity contribution is 7.45. The molecule has 0 amide bonds. The summed E-state index contributed by atoms with van der Waals surface area (Å²) in [5.41, 5.74) is 0. The first-order valence-electron chi connectivity index (χ1n) is 21.8. The second-order valence-corrected chi connectivity index (χ2v) is 17.0. The molecule has 1 N–H and O–H groups in total. The van der Waals surface area contributed by atoms with Crippen molar-refractivity contribution in [3.05, 3.63) is 72.9 Å². The first kappa shape index (κ1) is 54.4. The van der Waals surface area contributed by atoms with Gasteiger partial charge in [0.2, 0.25) is 0 Å². The van der Waals surface area contributed by atoms with E-state index in [9.17, 15) is 24.2 Å². The maximum atomic E-state index is 12.7. The summed E-state index contributed by atoms with van der Waals surface area (Å²) in [6.07, 6.45) is 42.4. The number of unbranched alkanes of at least 4 members (excludes halogenated alkanes) is 11. The molecule has 328 valence electrons. The molecule has 0 heterocycles. The van der Waals surface area contributed by atoms with Crippen molar-refractivity contribution in [2.45, 2.75) is 161 Å². The van der Waals surface area contributed by atoms with Crippen molar-refractivity contribution in [3.8, 4) is 0 Å². The zero-order chi connectivity index (χ0) is 42.3. The van der Waals surface area contributed by atoms with Crippen LogP contribution in [0.4, 0.5) is 0 Å². The number of carbonyl (C=O) groups is 2. The number of hydrogen-bond acceptors (Lipinski definition) is 9. The molecular weight excluding hydrogens is 741 g/mol. The molecule has 0 aliphatic carbocycles. The summed E-state index contributed by atoms with van der Waals surface area (Å²) in [6, 6.07) is 0. The fourth-order valence-electron chi connectivity index (χ4n) is 5.32. The van der Waals surface area contributed by atoms with Crippen LogP contribution in [0.15, 0.2) is 72.9 Å². The van der Waals surface area contributed by atoms with Gasteiger partial charge in [0.1, 0.15) is 19.8 Å². The number of esters is 2. The van der Waals surface area contributed by atoms with E-state index in [1.54, 1.807) is 12.2 Å². The third-order valence-corrected chi connectivity index (χ3v) is 9.77. The van der Waals surface area contributed by atoms with E-state index in [0.717, 1.165) is 64.2 Å². The van der Waals surface area contributed by atoms with Crippen molar-refractivity contribution in [1.29, 1.82) is 0 Å². The molecule has 10 nitrogen and oxygen atoms in total. The summed E-state index contributed by atoms with van der Waals surface area (Å²) in [5, 5.41) is 10.3. The summed E-state index contributed by atoms with van der Waals surface area (Å²) in [6.45, 7) is 3.91. The zero-order valence-corrected chi connectivity index (χ0v) is 37.3. The van der Waals surface area contributed by atoms with Crippen LogP contribution in [0.5, 0.6) is 0 Å². The molecule has 57 heavy (non-hydrogen) atoms. The fraction of sp³-hybridized carbons (Fsp3) is 0.696. The molecule has 0 saturated carbocycles. The van der Waals surface area contributed by atoms with E-state index >= 15 is 0 Å². The highest BCUT2D eigenvalue weighted by Gasteiger charge is 2.21. The third-order valence-electron chi connectivity index (χ3n) is 8.80. The lowest BCUT2D eigenvalue weighted by atomic mass is 10.1. The lowest BCUT2D eigenvalue weighted by Gasteiger charge is -2.28. The molecule has 0 aliphatic rings. The van der Waals surface area contributed by atoms with Gasteiger partial charge in [-0.3, -0.25) is 14.2 Å². The van der Waals surface area contributed by atoms with Crippen molar-refractivity contribution >= 4 is 19.8 Å². The van der Waals surface area contributed by atoms with Crippen LogP contribution in [0.2, 0.25) is 0 Å². The Labute approximate surface area is 347 Å². The summed E-state index contributed by atoms with van der Waals surface area (Å²) in [4.78, 5) is 37.5. The van der Waals surface area contributed by atoms with Crippen LogP contribution in [0.25, 0.3) is 0 Å². The van der Waals surface area contributed by atoms with Crippen molar-refractivity contribution in [2.24, 2.45) is 0 Å². The van der Waals surface area contributed by atoms with Crippen LogP contribution < -0.4 is 4.89 Å². The van der Waals surface area contributed by atoms with Gasteiger partial charge in [-0.1, -0.05) is 132 Å². The van der Waals surface area contributed by atoms with E-state index in [-0.39, 0.29) is 26.1 Å². The first-order chi connectivity index (χ1) is 27.4. The van der Waals surface area contributed by atoms with Gasteiger partial charge in [-0.2, -0.15) is 0 Å². The van der Waals surface area contributed by atoms with Crippen molar-refractivity contribution < 1.29 is 47.2 Å². The molecule has 11 heteroatoms. The van der Waals surface area contributed by atoms with Gasteiger partial charge in [0.15, 0.2) is 6.10 Å². The standard InChI is InChI=1S/C46H80NO9P/c1-6-8-10-12-14-16-18-20-21-23-25-27-29-31-33-37-46(50)56-44(42-55-57(51,52)54-40-39-47(3,4)5)41-53-45(49)38-34-36-43(48)35-32-30-28-26-24-22-19-17-15-13-11-9-7-2/h14-17,20-22,24,28,30,32,35,43-44,48H,6-13,18-19,23,25-27,29,31,33-34,36-42H2,1-5H3/b16-14-,17-15-,21-20-,24-22-,30-28-,35-32+/t43-,44-/m1/s1. The predicted molar refractivity (Wildman–Crippen MR) is 232 cm³/mol. The Morgan fingerprint density at radius 1 is 0.649 bits per heavy atom. The normalized spacial score (nSPS) is 14.9. The van der Waals surface area contributed by atoms with E-state index in [1.165, 1.54) is 38.5 Å². The quantitative estimate of drug-likeness (QED) is 0.0161. The summed E-state index contributed by atoms with van der Waals surface area (Å²) in [5.74, 6) is -1.06. The van der Waals surface area contributed by atoms with Gasteiger partial charge in [-0.15, -0.1) is 0 Å². The number of phosphoric acid groups is 1. The number of allylic oxidation sites excluding steroid dienone is 11. The number of aliphatic hydroxyl groups excluding tert-OH is 1. The van der Waals surface area contributed by atoms with Crippen LogP contribution in [-0.2, 0) is 32.7 Å². The Morgan fingerprint density at radius 2 is 1.18 bits per heavy atom. The van der Waals surface area contributed by atoms with Crippen LogP contribution in [0.3, 0.4) is 0 Å². The van der Waals surface area contributed by atoms with Gasteiger partial charge < -0.3 is 33.0 Å². The van der Waals surface area contributed by atoms with Gasteiger partial charge >= 0.3 is 11.9 Å². The lowest BCUT2D eigenvalue weighted by molar-refractivity contribution is -0.870. The van der Waals surface area contributed by atoms with Gasteiger partial charge in [0, 0.05) is 12.8 Å². The van der Waals surface area contributed by atoms with Crippen LogP contribution in [0.1, 0.15) is 149 Å². The smallest absolute Gasteiger partial charge is 0.306 e. The minimum atomic E-state index is -4.68. The van der Waals surface area contributed by atoms with Gasteiger partial charge in [0.25, 0.3) is 7.82 Å². The Hall–Kier alpha value is -2.59. The van der Waals surface area contributed by atoms with Crippen LogP contribution in [-0.4, -0.2) is 81.2 Å². The number of nitrogens with zero attached hydrogens (tertiary/aromatic N) is 1. The van der Waals surface area contributed by atoms with Gasteiger partial charge in [-0.25, -0.2) is 0 Å². The number of rotatable bonds is 38. The Morgan fingerprint density at radius 3 is 1.77 bits per heavy atom. The summed E-state index contributed by atoms with van der Waals surface area (Å²) in [7, 11) is 1.04. The van der Waals surface area contributed by atoms with Crippen molar-refractivity contribution in [2.75, 3.05) is 47.5 Å². The second-order valence-electron chi connectivity index (χ2n) is 15.5. The number of quaternary nitrogens is 1. The van der Waals surface area contributed by atoms with E-state index in [4.69, 9.17) is 18.5 Å². The van der Waals surface area contributed by atoms with Crippen molar-refractivity contribution in [1.82, 2.24) is 0 Å². The zero-order valence-electron chi connectivity index (χ0n) is 36.4. The molecule has 0 aromatic heterocycles. The number of likely N-dealkylation sites (N-methyl/N-ethyl adjacent to an activating group) is 1. The molecule has 0 fully saturated rings. The highest BCUT2D eigenvalue weighted by atomic mass is 31.2. The third kappa shape index (κ3) is 41.4. The molecule has 0 aromatic carbocycles. The molecule has 0 saturated heterocycles.